The first-order chi connectivity index (χ1) is 11.3. The molecular formula is C16H11ClIN2O3S-. The van der Waals surface area contributed by atoms with Gasteiger partial charge in [0.1, 0.15) is 0 Å². The van der Waals surface area contributed by atoms with Gasteiger partial charge in [0.2, 0.25) is 0 Å². The number of carboxylic acid groups (broad SMARTS) is 1. The lowest BCUT2D eigenvalue weighted by Gasteiger charge is -2.14. The molecule has 8 heteroatoms. The van der Waals surface area contributed by atoms with E-state index in [4.69, 9.17) is 23.8 Å². The van der Waals surface area contributed by atoms with Crippen LogP contribution in [0.25, 0.3) is 0 Å². The topological polar surface area (TPSA) is 81.3 Å². The fourth-order valence-electron chi connectivity index (χ4n) is 1.88. The number of hydrogen-bond acceptors (Lipinski definition) is 4. The number of halogens is 2. The maximum atomic E-state index is 12.2. The van der Waals surface area contributed by atoms with Gasteiger partial charge in [-0.1, -0.05) is 23.7 Å². The van der Waals surface area contributed by atoms with Crippen LogP contribution >= 0.6 is 46.4 Å². The van der Waals surface area contributed by atoms with E-state index in [0.29, 0.717) is 16.3 Å². The standard InChI is InChI=1S/C16H12ClIN2O3S/c1-8-2-3-9(15(22)23)6-13(8)19-16(24)20-14(21)11-7-10(18)4-5-12(11)17/h2-7H,1H3,(H,22,23)(H2,19,20,21,24)/p-1. The van der Waals surface area contributed by atoms with Gasteiger partial charge in [-0.15, -0.1) is 0 Å². The number of carbonyl (C=O) groups is 2. The van der Waals surface area contributed by atoms with Gasteiger partial charge in [-0.2, -0.15) is 0 Å². The lowest BCUT2D eigenvalue weighted by atomic mass is 10.1. The Balaban J connectivity index is 2.13. The molecule has 0 saturated heterocycles. The second-order valence-corrected chi connectivity index (χ2v) is 6.91. The number of amides is 1. The second kappa shape index (κ2) is 7.91. The summed E-state index contributed by atoms with van der Waals surface area (Å²) in [4.78, 5) is 23.2. The van der Waals surface area contributed by atoms with Crippen LogP contribution in [0.1, 0.15) is 26.3 Å². The molecule has 2 aromatic carbocycles. The first-order valence-electron chi connectivity index (χ1n) is 6.67. The van der Waals surface area contributed by atoms with Crippen LogP contribution < -0.4 is 15.7 Å². The molecule has 0 spiro atoms. The molecule has 2 aromatic rings. The summed E-state index contributed by atoms with van der Waals surface area (Å²) in [6.07, 6.45) is 0. The molecule has 0 atom stereocenters. The van der Waals surface area contributed by atoms with Gasteiger partial charge in [0.15, 0.2) is 5.11 Å². The average Bonchev–Trinajstić information content (AvgIpc) is 2.51. The van der Waals surface area contributed by atoms with E-state index in [1.807, 2.05) is 0 Å². The van der Waals surface area contributed by atoms with Crippen molar-refractivity contribution in [3.63, 3.8) is 0 Å². The molecule has 1 amide bonds. The highest BCUT2D eigenvalue weighted by Crippen LogP contribution is 2.19. The average molecular weight is 474 g/mol. The number of thiocarbonyl (C=S) groups is 1. The summed E-state index contributed by atoms with van der Waals surface area (Å²) < 4.78 is 0.860. The van der Waals surface area contributed by atoms with Crippen LogP contribution in [0.5, 0.6) is 0 Å². The highest BCUT2D eigenvalue weighted by molar-refractivity contribution is 14.1. The summed E-state index contributed by atoms with van der Waals surface area (Å²) in [5.41, 5.74) is 1.55. The van der Waals surface area contributed by atoms with Crippen molar-refractivity contribution < 1.29 is 14.7 Å². The number of benzene rings is 2. The van der Waals surface area contributed by atoms with E-state index in [0.717, 1.165) is 9.13 Å². The Morgan fingerprint density at radius 3 is 2.58 bits per heavy atom. The van der Waals surface area contributed by atoms with Crippen molar-refractivity contribution in [2.24, 2.45) is 0 Å². The molecule has 2 N–H and O–H groups in total. The van der Waals surface area contributed by atoms with Crippen LogP contribution in [0.4, 0.5) is 5.69 Å². The maximum Gasteiger partial charge on any atom is 0.258 e. The predicted octanol–water partition coefficient (Wildman–Crippen LogP) is 2.74. The van der Waals surface area contributed by atoms with Crippen LogP contribution in [0.3, 0.4) is 0 Å². The SMILES string of the molecule is Cc1ccc(C(=O)[O-])cc1NC(=S)NC(=O)c1cc(I)ccc1Cl. The van der Waals surface area contributed by atoms with Gasteiger partial charge < -0.3 is 15.2 Å². The molecule has 0 saturated carbocycles. The lowest BCUT2D eigenvalue weighted by molar-refractivity contribution is -0.255. The fourth-order valence-corrected chi connectivity index (χ4v) is 2.78. The van der Waals surface area contributed by atoms with Crippen molar-refractivity contribution in [3.8, 4) is 0 Å². The molecule has 2 rings (SSSR count). The summed E-state index contributed by atoms with van der Waals surface area (Å²) in [5.74, 6) is -1.75. The number of carbonyl (C=O) groups excluding carboxylic acids is 2. The zero-order chi connectivity index (χ0) is 17.9. The number of hydrogen-bond donors (Lipinski definition) is 2. The van der Waals surface area contributed by atoms with Crippen LogP contribution in [-0.2, 0) is 0 Å². The Morgan fingerprint density at radius 1 is 1.21 bits per heavy atom. The molecule has 5 nitrogen and oxygen atoms in total. The van der Waals surface area contributed by atoms with Crippen LogP contribution in [0.15, 0.2) is 36.4 Å². The number of nitrogens with one attached hydrogen (secondary N) is 2. The van der Waals surface area contributed by atoms with Gasteiger partial charge in [-0.3, -0.25) is 10.1 Å². The van der Waals surface area contributed by atoms with Crippen molar-refractivity contribution in [1.82, 2.24) is 5.32 Å². The Bertz CT molecular complexity index is 842. The van der Waals surface area contributed by atoms with Gasteiger partial charge in [0.25, 0.3) is 5.91 Å². The highest BCUT2D eigenvalue weighted by Gasteiger charge is 2.13. The summed E-state index contributed by atoms with van der Waals surface area (Å²) >= 11 is 13.2. The monoisotopic (exact) mass is 473 g/mol. The highest BCUT2D eigenvalue weighted by atomic mass is 127. The summed E-state index contributed by atoms with van der Waals surface area (Å²) in [7, 11) is 0. The summed E-state index contributed by atoms with van der Waals surface area (Å²) in [5, 5.41) is 16.6. The largest absolute Gasteiger partial charge is 0.545 e. The molecule has 0 aliphatic carbocycles. The van der Waals surface area contributed by atoms with Gasteiger partial charge in [-0.25, -0.2) is 0 Å². The molecule has 0 radical (unpaired) electrons. The first-order valence-corrected chi connectivity index (χ1v) is 8.54. The molecule has 124 valence electrons. The Labute approximate surface area is 162 Å². The van der Waals surface area contributed by atoms with E-state index >= 15 is 0 Å². The van der Waals surface area contributed by atoms with E-state index in [2.05, 4.69) is 33.2 Å². The minimum atomic E-state index is -1.29. The molecule has 24 heavy (non-hydrogen) atoms. The number of rotatable bonds is 3. The van der Waals surface area contributed by atoms with E-state index in [1.165, 1.54) is 12.1 Å². The zero-order valence-corrected chi connectivity index (χ0v) is 16.1. The minimum absolute atomic E-state index is 0.0119. The van der Waals surface area contributed by atoms with Gasteiger partial charge in [0, 0.05) is 9.26 Å². The van der Waals surface area contributed by atoms with E-state index < -0.39 is 11.9 Å². The van der Waals surface area contributed by atoms with Gasteiger partial charge >= 0.3 is 0 Å². The first kappa shape index (κ1) is 18.6. The van der Waals surface area contributed by atoms with Gasteiger partial charge in [0.05, 0.1) is 16.6 Å². The van der Waals surface area contributed by atoms with Crippen LogP contribution in [0, 0.1) is 10.5 Å². The molecule has 0 aliphatic rings. The van der Waals surface area contributed by atoms with Crippen molar-refractivity contribution >= 4 is 69.1 Å². The van der Waals surface area contributed by atoms with Crippen molar-refractivity contribution in [2.45, 2.75) is 6.92 Å². The quantitative estimate of drug-likeness (QED) is 0.529. The van der Waals surface area contributed by atoms with Crippen molar-refractivity contribution in [3.05, 3.63) is 61.7 Å². The van der Waals surface area contributed by atoms with E-state index in [1.54, 1.807) is 31.2 Å². The Kier molecular flexibility index (Phi) is 6.14. The zero-order valence-electron chi connectivity index (χ0n) is 12.4. The number of aromatic carboxylic acids is 1. The molecule has 0 bridgehead atoms. The molecule has 0 aliphatic heterocycles. The third kappa shape index (κ3) is 4.65. The molecule has 0 unspecified atom stereocenters. The Hall–Kier alpha value is -1.71. The summed E-state index contributed by atoms with van der Waals surface area (Å²) in [6, 6.07) is 9.50. The third-order valence-corrected chi connectivity index (χ3v) is 4.33. The Morgan fingerprint density at radius 2 is 1.92 bits per heavy atom. The number of aryl methyl sites for hydroxylation is 1. The molecular weight excluding hydrogens is 463 g/mol. The van der Waals surface area contributed by atoms with Crippen molar-refractivity contribution in [2.75, 3.05) is 5.32 Å². The van der Waals surface area contributed by atoms with Crippen LogP contribution in [-0.4, -0.2) is 17.0 Å². The fraction of sp³-hybridized carbons (Fsp3) is 0.0625. The van der Waals surface area contributed by atoms with E-state index in [-0.39, 0.29) is 10.7 Å². The second-order valence-electron chi connectivity index (χ2n) is 4.85. The summed E-state index contributed by atoms with van der Waals surface area (Å²) in [6.45, 7) is 1.78. The predicted molar refractivity (Wildman–Crippen MR) is 103 cm³/mol. The van der Waals surface area contributed by atoms with E-state index in [9.17, 15) is 14.7 Å². The lowest BCUT2D eigenvalue weighted by Crippen LogP contribution is -2.34. The number of carboxylic acids is 1. The van der Waals surface area contributed by atoms with Gasteiger partial charge in [-0.05, 0) is 77.1 Å². The third-order valence-electron chi connectivity index (χ3n) is 3.12. The smallest absolute Gasteiger partial charge is 0.258 e. The van der Waals surface area contributed by atoms with Crippen LogP contribution in [0.2, 0.25) is 5.02 Å². The van der Waals surface area contributed by atoms with Crippen molar-refractivity contribution in [1.29, 1.82) is 0 Å². The minimum Gasteiger partial charge on any atom is -0.545 e. The molecule has 0 heterocycles. The molecule has 0 fully saturated rings. The molecule has 0 aromatic heterocycles. The number of anilines is 1. The normalized spacial score (nSPS) is 10.1. The maximum absolute atomic E-state index is 12.2.